The molecule has 4 N–H and O–H groups in total. The van der Waals surface area contributed by atoms with E-state index in [2.05, 4.69) is 15.8 Å². The van der Waals surface area contributed by atoms with Crippen LogP contribution in [0, 0.1) is 19.8 Å². The van der Waals surface area contributed by atoms with Crippen LogP contribution in [0.4, 0.5) is 0 Å². The first-order valence-electron chi connectivity index (χ1n) is 8.58. The van der Waals surface area contributed by atoms with Crippen LogP contribution in [0.1, 0.15) is 28.2 Å². The van der Waals surface area contributed by atoms with Crippen molar-refractivity contribution < 1.29 is 19.8 Å². The Balaban J connectivity index is 1.76. The average Bonchev–Trinajstić information content (AvgIpc) is 3.05. The molecule has 0 aliphatic carbocycles. The Bertz CT molecular complexity index is 909. The number of aromatic hydroxyl groups is 2. The van der Waals surface area contributed by atoms with Crippen molar-refractivity contribution in [3.05, 3.63) is 58.7 Å². The molecule has 0 spiro atoms. The van der Waals surface area contributed by atoms with E-state index in [0.717, 1.165) is 5.56 Å². The van der Waals surface area contributed by atoms with Crippen LogP contribution in [0.15, 0.2) is 41.5 Å². The van der Waals surface area contributed by atoms with Gasteiger partial charge in [-0.3, -0.25) is 9.59 Å². The molecule has 2 amide bonds. The Morgan fingerprint density at radius 1 is 1.26 bits per heavy atom. The summed E-state index contributed by atoms with van der Waals surface area (Å²) in [5.41, 5.74) is 4.62. The van der Waals surface area contributed by atoms with E-state index >= 15 is 0 Å². The van der Waals surface area contributed by atoms with Gasteiger partial charge in [-0.25, -0.2) is 5.43 Å². The van der Waals surface area contributed by atoms with Gasteiger partial charge in [-0.1, -0.05) is 30.3 Å². The third-order valence-electron chi connectivity index (χ3n) is 4.83. The maximum absolute atomic E-state index is 12.5. The van der Waals surface area contributed by atoms with Gasteiger partial charge in [0.25, 0.3) is 5.91 Å². The first-order valence-corrected chi connectivity index (χ1v) is 8.58. The molecule has 2 atom stereocenters. The number of phenols is 2. The fourth-order valence-corrected chi connectivity index (χ4v) is 3.23. The second-order valence-corrected chi connectivity index (χ2v) is 6.57. The summed E-state index contributed by atoms with van der Waals surface area (Å²) in [6, 6.07) is 10.9. The van der Waals surface area contributed by atoms with Crippen LogP contribution in [0.25, 0.3) is 0 Å². The number of rotatable bonds is 4. The molecule has 1 aliphatic heterocycles. The smallest absolute Gasteiger partial charge is 0.253 e. The maximum atomic E-state index is 12.5. The van der Waals surface area contributed by atoms with Crippen LogP contribution in [-0.2, 0) is 9.59 Å². The zero-order valence-electron chi connectivity index (χ0n) is 15.1. The molecule has 0 bridgehead atoms. The zero-order valence-corrected chi connectivity index (χ0v) is 15.1. The number of aryl methyl sites for hydroxylation is 1. The van der Waals surface area contributed by atoms with Crippen molar-refractivity contribution in [3.63, 3.8) is 0 Å². The third kappa shape index (κ3) is 3.62. The molecule has 140 valence electrons. The Kier molecular flexibility index (Phi) is 5.12. The van der Waals surface area contributed by atoms with Crippen LogP contribution < -0.4 is 10.7 Å². The Hall–Kier alpha value is -3.35. The Labute approximate surface area is 156 Å². The topological polar surface area (TPSA) is 111 Å². The predicted octanol–water partition coefficient (Wildman–Crippen LogP) is 1.69. The van der Waals surface area contributed by atoms with Crippen molar-refractivity contribution in [2.45, 2.75) is 19.8 Å². The van der Waals surface area contributed by atoms with Gasteiger partial charge in [0, 0.05) is 23.6 Å². The molecular weight excluding hydrogens is 346 g/mol. The van der Waals surface area contributed by atoms with E-state index in [1.54, 1.807) is 13.8 Å². The number of nitrogens with one attached hydrogen (secondary N) is 2. The summed E-state index contributed by atoms with van der Waals surface area (Å²) in [5.74, 6) is -2.11. The monoisotopic (exact) mass is 367 g/mol. The second kappa shape index (κ2) is 7.49. The number of phenolic OH excluding ortho intramolecular Hbond substituents is 2. The van der Waals surface area contributed by atoms with Crippen molar-refractivity contribution in [3.8, 4) is 11.5 Å². The maximum Gasteiger partial charge on any atom is 0.253 e. The van der Waals surface area contributed by atoms with E-state index in [4.69, 9.17) is 0 Å². The van der Waals surface area contributed by atoms with Gasteiger partial charge in [-0.2, -0.15) is 5.10 Å². The van der Waals surface area contributed by atoms with Gasteiger partial charge >= 0.3 is 0 Å². The van der Waals surface area contributed by atoms with Crippen LogP contribution in [-0.4, -0.2) is 34.8 Å². The quantitative estimate of drug-likeness (QED) is 0.374. The average molecular weight is 367 g/mol. The third-order valence-corrected chi connectivity index (χ3v) is 4.83. The molecule has 1 saturated heterocycles. The van der Waals surface area contributed by atoms with E-state index < -0.39 is 11.8 Å². The minimum Gasteiger partial charge on any atom is -0.508 e. The van der Waals surface area contributed by atoms with Gasteiger partial charge in [0.05, 0.1) is 6.21 Å². The zero-order chi connectivity index (χ0) is 19.6. The summed E-state index contributed by atoms with van der Waals surface area (Å²) < 4.78 is 0. The molecule has 1 aliphatic rings. The lowest BCUT2D eigenvalue weighted by Crippen LogP contribution is -2.34. The molecule has 7 nitrogen and oxygen atoms in total. The summed E-state index contributed by atoms with van der Waals surface area (Å²) in [4.78, 5) is 24.7. The van der Waals surface area contributed by atoms with Gasteiger partial charge in [0.2, 0.25) is 5.91 Å². The lowest BCUT2D eigenvalue weighted by molar-refractivity contribution is -0.133. The van der Waals surface area contributed by atoms with Crippen molar-refractivity contribution in [2.24, 2.45) is 11.0 Å². The summed E-state index contributed by atoms with van der Waals surface area (Å²) >= 11 is 0. The van der Waals surface area contributed by atoms with E-state index in [1.165, 1.54) is 12.3 Å². The Morgan fingerprint density at radius 3 is 2.67 bits per heavy atom. The standard InChI is InChI=1S/C20H21N3O4/c1-11-8-16(24)12(2)18(25)14(11)10-22-23-20(27)17-15(9-21-19(17)26)13-6-4-3-5-7-13/h3-8,10,15,17,24-25H,9H2,1-2H3,(H,21,26)(H,23,27)/b22-10+/t15-,17+/m0/s1. The van der Waals surface area contributed by atoms with Gasteiger partial charge in [0.15, 0.2) is 0 Å². The van der Waals surface area contributed by atoms with Crippen molar-refractivity contribution in [2.75, 3.05) is 6.54 Å². The van der Waals surface area contributed by atoms with Crippen LogP contribution in [0.2, 0.25) is 0 Å². The fraction of sp³-hybridized carbons (Fsp3) is 0.250. The van der Waals surface area contributed by atoms with Gasteiger partial charge in [-0.15, -0.1) is 0 Å². The molecule has 0 aromatic heterocycles. The number of nitrogens with zero attached hydrogens (tertiary/aromatic N) is 1. The fourth-order valence-electron chi connectivity index (χ4n) is 3.23. The van der Waals surface area contributed by atoms with Crippen molar-refractivity contribution in [1.29, 1.82) is 0 Å². The van der Waals surface area contributed by atoms with E-state index in [1.807, 2.05) is 30.3 Å². The highest BCUT2D eigenvalue weighted by molar-refractivity contribution is 6.03. The SMILES string of the molecule is Cc1cc(O)c(C)c(O)c1/C=N/NC(=O)[C@H]1C(=O)NC[C@H]1c1ccccc1. The van der Waals surface area contributed by atoms with Crippen LogP contribution in [0.5, 0.6) is 11.5 Å². The molecule has 0 unspecified atom stereocenters. The van der Waals surface area contributed by atoms with Crippen LogP contribution >= 0.6 is 0 Å². The number of hydrogen-bond acceptors (Lipinski definition) is 5. The van der Waals surface area contributed by atoms with E-state index in [-0.39, 0.29) is 23.3 Å². The minimum atomic E-state index is -0.874. The number of benzene rings is 2. The highest BCUT2D eigenvalue weighted by atomic mass is 16.3. The minimum absolute atomic E-state index is 0.0143. The van der Waals surface area contributed by atoms with Crippen LogP contribution in [0.3, 0.4) is 0 Å². The molecule has 2 aromatic carbocycles. The number of amides is 2. The van der Waals surface area contributed by atoms with Gasteiger partial charge in [-0.05, 0) is 31.0 Å². The number of carbonyl (C=O) groups is 2. The first kappa shape index (κ1) is 18.4. The molecule has 0 saturated carbocycles. The highest BCUT2D eigenvalue weighted by Gasteiger charge is 2.40. The Morgan fingerprint density at radius 2 is 1.96 bits per heavy atom. The van der Waals surface area contributed by atoms with Gasteiger partial charge in [0.1, 0.15) is 17.4 Å². The van der Waals surface area contributed by atoms with Crippen molar-refractivity contribution in [1.82, 2.24) is 10.7 Å². The number of carbonyl (C=O) groups excluding carboxylic acids is 2. The van der Waals surface area contributed by atoms with E-state index in [0.29, 0.717) is 23.2 Å². The largest absolute Gasteiger partial charge is 0.508 e. The molecule has 0 radical (unpaired) electrons. The molecule has 27 heavy (non-hydrogen) atoms. The predicted molar refractivity (Wildman–Crippen MR) is 101 cm³/mol. The lowest BCUT2D eigenvalue weighted by Gasteiger charge is -2.15. The highest BCUT2D eigenvalue weighted by Crippen LogP contribution is 2.31. The number of hydrazone groups is 1. The normalized spacial score (nSPS) is 19.3. The summed E-state index contributed by atoms with van der Waals surface area (Å²) in [7, 11) is 0. The summed E-state index contributed by atoms with van der Waals surface area (Å²) in [5, 5.41) is 26.5. The first-order chi connectivity index (χ1) is 12.9. The molecular formula is C20H21N3O4. The number of hydrogen-bond donors (Lipinski definition) is 4. The van der Waals surface area contributed by atoms with E-state index in [9.17, 15) is 19.8 Å². The van der Waals surface area contributed by atoms with Gasteiger partial charge < -0.3 is 15.5 Å². The summed E-state index contributed by atoms with van der Waals surface area (Å²) in [6.45, 7) is 3.67. The molecule has 2 aromatic rings. The molecule has 1 fully saturated rings. The van der Waals surface area contributed by atoms with Crippen molar-refractivity contribution >= 4 is 18.0 Å². The lowest BCUT2D eigenvalue weighted by atomic mass is 9.88. The molecule has 1 heterocycles. The second-order valence-electron chi connectivity index (χ2n) is 6.57. The summed E-state index contributed by atoms with van der Waals surface area (Å²) in [6.07, 6.45) is 1.30. The molecule has 7 heteroatoms. The molecule has 3 rings (SSSR count).